The monoisotopic (exact) mass is 247 g/mol. The number of fused-ring (bicyclic) bond motifs is 1. The number of nitrogens with two attached hydrogens (primary N) is 1. The van der Waals surface area contributed by atoms with Crippen LogP contribution in [0.4, 0.5) is 0 Å². The van der Waals surface area contributed by atoms with Gasteiger partial charge in [0.15, 0.2) is 0 Å². The van der Waals surface area contributed by atoms with E-state index in [0.717, 1.165) is 6.42 Å². The Morgan fingerprint density at radius 2 is 1.82 bits per heavy atom. The third kappa shape index (κ3) is 3.14. The van der Waals surface area contributed by atoms with Crippen LogP contribution >= 0.6 is 0 Å². The molecule has 0 amide bonds. The van der Waals surface area contributed by atoms with Gasteiger partial charge in [0.05, 0.1) is 0 Å². The van der Waals surface area contributed by atoms with Gasteiger partial charge in [0.2, 0.25) is 0 Å². The van der Waals surface area contributed by atoms with Crippen LogP contribution in [-0.2, 0) is 16.6 Å². The van der Waals surface area contributed by atoms with Gasteiger partial charge in [-0.3, -0.25) is 4.21 Å². The van der Waals surface area contributed by atoms with Crippen molar-refractivity contribution in [1.82, 2.24) is 0 Å². The predicted octanol–water partition coefficient (Wildman–Crippen LogP) is 2.44. The van der Waals surface area contributed by atoms with Crippen molar-refractivity contribution >= 4 is 21.6 Å². The largest absolute Gasteiger partial charge is 0.330 e. The average molecular weight is 247 g/mol. The molecule has 0 aliphatic rings. The fourth-order valence-corrected chi connectivity index (χ4v) is 3.14. The van der Waals surface area contributed by atoms with E-state index in [4.69, 9.17) is 5.73 Å². The van der Waals surface area contributed by atoms with Crippen molar-refractivity contribution in [3.63, 3.8) is 0 Å². The van der Waals surface area contributed by atoms with Crippen LogP contribution in [0.1, 0.15) is 12.0 Å². The summed E-state index contributed by atoms with van der Waals surface area (Å²) in [7, 11) is -0.807. The van der Waals surface area contributed by atoms with E-state index in [1.807, 2.05) is 18.2 Å². The maximum atomic E-state index is 11.9. The number of hydrogen-bond donors (Lipinski definition) is 1. The summed E-state index contributed by atoms with van der Waals surface area (Å²) in [4.78, 5) is 0. The molecule has 2 aromatic rings. The molecule has 2 rings (SSSR count). The molecule has 0 radical (unpaired) electrons. The van der Waals surface area contributed by atoms with Gasteiger partial charge >= 0.3 is 0 Å². The van der Waals surface area contributed by atoms with E-state index < -0.39 is 10.8 Å². The first-order valence-electron chi connectivity index (χ1n) is 5.83. The zero-order valence-electron chi connectivity index (χ0n) is 9.76. The van der Waals surface area contributed by atoms with E-state index in [1.54, 1.807) is 0 Å². The van der Waals surface area contributed by atoms with E-state index in [1.165, 1.54) is 16.3 Å². The van der Waals surface area contributed by atoms with E-state index >= 15 is 0 Å². The van der Waals surface area contributed by atoms with E-state index in [9.17, 15) is 4.21 Å². The number of rotatable bonds is 5. The zero-order chi connectivity index (χ0) is 12.1. The molecule has 1 atom stereocenters. The van der Waals surface area contributed by atoms with E-state index in [0.29, 0.717) is 18.1 Å². The summed E-state index contributed by atoms with van der Waals surface area (Å²) in [5.74, 6) is 1.32. The van der Waals surface area contributed by atoms with E-state index in [2.05, 4.69) is 24.3 Å². The first-order valence-corrected chi connectivity index (χ1v) is 7.32. The SMILES string of the molecule is NCCCS(=O)Cc1cccc2ccccc12. The third-order valence-corrected chi connectivity index (χ3v) is 4.15. The van der Waals surface area contributed by atoms with Crippen molar-refractivity contribution in [2.45, 2.75) is 12.2 Å². The molecule has 0 fully saturated rings. The Bertz CT molecular complexity index is 519. The summed E-state index contributed by atoms with van der Waals surface area (Å²) in [6, 6.07) is 14.4. The first kappa shape index (κ1) is 12.3. The van der Waals surface area contributed by atoms with Crippen molar-refractivity contribution in [2.24, 2.45) is 5.73 Å². The Labute approximate surface area is 104 Å². The first-order chi connectivity index (χ1) is 8.31. The summed E-state index contributed by atoms with van der Waals surface area (Å²) in [6.45, 7) is 0.612. The molecule has 90 valence electrons. The fraction of sp³-hybridized carbons (Fsp3) is 0.286. The highest BCUT2D eigenvalue weighted by Gasteiger charge is 2.04. The summed E-state index contributed by atoms with van der Waals surface area (Å²) in [5.41, 5.74) is 6.59. The molecule has 1 unspecified atom stereocenters. The van der Waals surface area contributed by atoms with Crippen LogP contribution in [0, 0.1) is 0 Å². The quantitative estimate of drug-likeness (QED) is 0.882. The molecule has 0 heterocycles. The predicted molar refractivity (Wildman–Crippen MR) is 74.3 cm³/mol. The highest BCUT2D eigenvalue weighted by molar-refractivity contribution is 7.84. The summed E-state index contributed by atoms with van der Waals surface area (Å²) in [6.07, 6.45) is 0.831. The summed E-state index contributed by atoms with van der Waals surface area (Å²) in [5, 5.41) is 2.41. The van der Waals surface area contributed by atoms with Crippen molar-refractivity contribution in [3.05, 3.63) is 48.0 Å². The van der Waals surface area contributed by atoms with Crippen molar-refractivity contribution in [2.75, 3.05) is 12.3 Å². The summed E-state index contributed by atoms with van der Waals surface area (Å²) < 4.78 is 11.9. The van der Waals surface area contributed by atoms with Crippen LogP contribution < -0.4 is 5.73 Å². The van der Waals surface area contributed by atoms with Crippen LogP contribution in [0.2, 0.25) is 0 Å². The van der Waals surface area contributed by atoms with Crippen LogP contribution in [0.3, 0.4) is 0 Å². The molecule has 3 heteroatoms. The molecule has 2 aromatic carbocycles. The molecule has 0 aliphatic heterocycles. The molecule has 0 saturated heterocycles. The van der Waals surface area contributed by atoms with Crippen molar-refractivity contribution < 1.29 is 4.21 Å². The lowest BCUT2D eigenvalue weighted by molar-refractivity contribution is 0.680. The van der Waals surface area contributed by atoms with Gasteiger partial charge in [-0.15, -0.1) is 0 Å². The zero-order valence-corrected chi connectivity index (χ0v) is 10.6. The van der Waals surface area contributed by atoms with Gasteiger partial charge in [-0.05, 0) is 29.3 Å². The maximum Gasteiger partial charge on any atom is 0.0491 e. The Balaban J connectivity index is 2.21. The second kappa shape index (κ2) is 5.94. The number of hydrogen-bond acceptors (Lipinski definition) is 2. The Hall–Kier alpha value is -1.19. The topological polar surface area (TPSA) is 43.1 Å². The molecular formula is C14H17NOS. The minimum Gasteiger partial charge on any atom is -0.330 e. The normalized spacial score (nSPS) is 12.8. The molecule has 0 aromatic heterocycles. The van der Waals surface area contributed by atoms with Crippen LogP contribution in [0.25, 0.3) is 10.8 Å². The van der Waals surface area contributed by atoms with Crippen molar-refractivity contribution in [3.8, 4) is 0 Å². The minimum absolute atomic E-state index is 0.612. The van der Waals surface area contributed by atoms with Gasteiger partial charge in [0.1, 0.15) is 0 Å². The van der Waals surface area contributed by atoms with Gasteiger partial charge in [0.25, 0.3) is 0 Å². The Kier molecular flexibility index (Phi) is 4.29. The lowest BCUT2D eigenvalue weighted by atomic mass is 10.1. The van der Waals surface area contributed by atoms with Crippen LogP contribution in [0.15, 0.2) is 42.5 Å². The fourth-order valence-electron chi connectivity index (χ4n) is 1.91. The average Bonchev–Trinajstić information content (AvgIpc) is 2.37. The molecule has 2 N–H and O–H groups in total. The van der Waals surface area contributed by atoms with Crippen LogP contribution in [-0.4, -0.2) is 16.5 Å². The van der Waals surface area contributed by atoms with Gasteiger partial charge in [0, 0.05) is 22.3 Å². The lowest BCUT2D eigenvalue weighted by Gasteiger charge is -2.06. The second-order valence-corrected chi connectivity index (χ2v) is 5.65. The van der Waals surface area contributed by atoms with E-state index in [-0.39, 0.29) is 0 Å². The van der Waals surface area contributed by atoms with Crippen LogP contribution in [0.5, 0.6) is 0 Å². The third-order valence-electron chi connectivity index (χ3n) is 2.77. The molecule has 17 heavy (non-hydrogen) atoms. The van der Waals surface area contributed by atoms with Gasteiger partial charge < -0.3 is 5.73 Å². The minimum atomic E-state index is -0.807. The maximum absolute atomic E-state index is 11.9. The summed E-state index contributed by atoms with van der Waals surface area (Å²) >= 11 is 0. The molecule has 0 aliphatic carbocycles. The Morgan fingerprint density at radius 1 is 1.06 bits per heavy atom. The van der Waals surface area contributed by atoms with Crippen molar-refractivity contribution in [1.29, 1.82) is 0 Å². The second-order valence-electron chi connectivity index (χ2n) is 4.07. The van der Waals surface area contributed by atoms with Gasteiger partial charge in [-0.2, -0.15) is 0 Å². The lowest BCUT2D eigenvalue weighted by Crippen LogP contribution is -2.07. The van der Waals surface area contributed by atoms with Gasteiger partial charge in [-0.1, -0.05) is 42.5 Å². The molecule has 0 spiro atoms. The smallest absolute Gasteiger partial charge is 0.0491 e. The van der Waals surface area contributed by atoms with Gasteiger partial charge in [-0.25, -0.2) is 0 Å². The standard InChI is InChI=1S/C14H17NOS/c15-9-4-10-17(16)11-13-7-3-6-12-5-1-2-8-14(12)13/h1-3,5-8H,4,9-11,15H2. The highest BCUT2D eigenvalue weighted by Crippen LogP contribution is 2.19. The molecule has 0 saturated carbocycles. The Morgan fingerprint density at radius 3 is 2.65 bits per heavy atom. The molecule has 0 bridgehead atoms. The molecular weight excluding hydrogens is 230 g/mol. The highest BCUT2D eigenvalue weighted by atomic mass is 32.2. The molecule has 2 nitrogen and oxygen atoms in total. The number of benzene rings is 2.